The molecule has 0 saturated heterocycles. The van der Waals surface area contributed by atoms with Gasteiger partial charge in [-0.05, 0) is 35.4 Å². The molecule has 4 rings (SSSR count). The predicted molar refractivity (Wildman–Crippen MR) is 118 cm³/mol. The van der Waals surface area contributed by atoms with Crippen molar-refractivity contribution < 1.29 is 13.2 Å². The van der Waals surface area contributed by atoms with E-state index in [1.165, 1.54) is 15.6 Å². The molecule has 10 heteroatoms. The van der Waals surface area contributed by atoms with Crippen molar-refractivity contribution in [2.24, 2.45) is 0 Å². The van der Waals surface area contributed by atoms with E-state index in [0.717, 1.165) is 46.7 Å². The molecule has 0 saturated carbocycles. The van der Waals surface area contributed by atoms with Gasteiger partial charge in [0.2, 0.25) is 11.0 Å². The zero-order chi connectivity index (χ0) is 21.1. The Hall–Kier alpha value is -2.14. The van der Waals surface area contributed by atoms with Gasteiger partial charge in [0, 0.05) is 13.0 Å². The minimum absolute atomic E-state index is 0.159. The lowest BCUT2D eigenvalue weighted by molar-refractivity contribution is -0.120. The van der Waals surface area contributed by atoms with Gasteiger partial charge in [0.25, 0.3) is 10.0 Å². The number of aryl methyl sites for hydroxylation is 1. The van der Waals surface area contributed by atoms with Crippen LogP contribution in [0.2, 0.25) is 0 Å². The van der Waals surface area contributed by atoms with Gasteiger partial charge in [-0.3, -0.25) is 10.1 Å². The largest absolute Gasteiger partial charge is 0.299 e. The number of unbranched alkanes of at least 4 members (excludes halogenated alkanes) is 1. The van der Waals surface area contributed by atoms with Gasteiger partial charge in [-0.15, -0.1) is 21.5 Å². The third-order valence-electron chi connectivity index (χ3n) is 5.01. The molecule has 1 N–H and O–H groups in total. The highest BCUT2D eigenvalue weighted by molar-refractivity contribution is 7.91. The molecule has 0 aliphatic carbocycles. The Morgan fingerprint density at radius 2 is 2.00 bits per heavy atom. The smallest absolute Gasteiger partial charge is 0.253 e. The summed E-state index contributed by atoms with van der Waals surface area (Å²) in [4.78, 5) is 13.2. The van der Waals surface area contributed by atoms with E-state index in [2.05, 4.69) is 22.4 Å². The first kappa shape index (κ1) is 21.1. The molecule has 0 fully saturated rings. The highest BCUT2D eigenvalue weighted by Gasteiger charge is 2.40. The zero-order valence-electron chi connectivity index (χ0n) is 16.4. The number of hydrogen-bond donors (Lipinski definition) is 1. The van der Waals surface area contributed by atoms with Crippen LogP contribution in [0.3, 0.4) is 0 Å². The molecule has 30 heavy (non-hydrogen) atoms. The Labute approximate surface area is 183 Å². The fraction of sp³-hybridized carbons (Fsp3) is 0.350. The minimum atomic E-state index is -3.80. The van der Waals surface area contributed by atoms with Crippen molar-refractivity contribution in [3.8, 4) is 0 Å². The topological polar surface area (TPSA) is 92.3 Å². The maximum Gasteiger partial charge on any atom is 0.253 e. The molecular weight excluding hydrogens is 440 g/mol. The molecule has 1 aliphatic heterocycles. The SMILES string of the molecule is CCCCc1nnc(NC(=O)C2Cc3ccccc3CN2S(=O)(=O)c2cccs2)s1. The van der Waals surface area contributed by atoms with Crippen molar-refractivity contribution in [3.05, 3.63) is 57.9 Å². The number of nitrogens with one attached hydrogen (secondary N) is 1. The maximum atomic E-state index is 13.3. The Morgan fingerprint density at radius 3 is 2.73 bits per heavy atom. The van der Waals surface area contributed by atoms with E-state index in [4.69, 9.17) is 0 Å². The van der Waals surface area contributed by atoms with Gasteiger partial charge in [0.1, 0.15) is 15.3 Å². The summed E-state index contributed by atoms with van der Waals surface area (Å²) in [5, 5.41) is 14.0. The molecule has 1 amide bonds. The van der Waals surface area contributed by atoms with E-state index in [0.29, 0.717) is 11.6 Å². The second-order valence-corrected chi connectivity index (χ2v) is 11.2. The number of carbonyl (C=O) groups is 1. The second kappa shape index (κ2) is 8.93. The van der Waals surface area contributed by atoms with Crippen LogP contribution in [0, 0.1) is 0 Å². The Balaban J connectivity index is 1.61. The predicted octanol–water partition coefficient (Wildman–Crippen LogP) is 3.70. The van der Waals surface area contributed by atoms with Gasteiger partial charge in [-0.1, -0.05) is 55.0 Å². The van der Waals surface area contributed by atoms with E-state index < -0.39 is 16.1 Å². The van der Waals surface area contributed by atoms with Crippen molar-refractivity contribution in [2.75, 3.05) is 5.32 Å². The van der Waals surface area contributed by atoms with E-state index >= 15 is 0 Å². The van der Waals surface area contributed by atoms with E-state index in [9.17, 15) is 13.2 Å². The van der Waals surface area contributed by atoms with Crippen LogP contribution in [-0.2, 0) is 34.2 Å². The third-order valence-corrected chi connectivity index (χ3v) is 9.13. The molecule has 7 nitrogen and oxygen atoms in total. The summed E-state index contributed by atoms with van der Waals surface area (Å²) in [5.41, 5.74) is 1.90. The number of aromatic nitrogens is 2. The summed E-state index contributed by atoms with van der Waals surface area (Å²) < 4.78 is 28.1. The van der Waals surface area contributed by atoms with Crippen molar-refractivity contribution in [1.82, 2.24) is 14.5 Å². The van der Waals surface area contributed by atoms with Gasteiger partial charge in [0.15, 0.2) is 0 Å². The van der Waals surface area contributed by atoms with E-state index in [1.54, 1.807) is 17.5 Å². The van der Waals surface area contributed by atoms with Crippen molar-refractivity contribution in [2.45, 2.75) is 49.4 Å². The summed E-state index contributed by atoms with van der Waals surface area (Å²) in [6.07, 6.45) is 3.20. The van der Waals surface area contributed by atoms with Gasteiger partial charge in [-0.25, -0.2) is 8.42 Å². The summed E-state index contributed by atoms with van der Waals surface area (Å²) in [6, 6.07) is 10.1. The first-order valence-electron chi connectivity index (χ1n) is 9.74. The molecule has 1 unspecified atom stereocenters. The molecular formula is C20H22N4O3S3. The van der Waals surface area contributed by atoms with Crippen LogP contribution >= 0.6 is 22.7 Å². The number of anilines is 1. The maximum absolute atomic E-state index is 13.3. The number of thiophene rings is 1. The third kappa shape index (κ3) is 4.31. The lowest BCUT2D eigenvalue weighted by Gasteiger charge is -2.34. The molecule has 0 spiro atoms. The van der Waals surface area contributed by atoms with E-state index in [-0.39, 0.29) is 16.7 Å². The molecule has 1 aliphatic rings. The molecule has 2 aromatic heterocycles. The fourth-order valence-corrected chi connectivity index (χ4v) is 6.89. The molecule has 1 atom stereocenters. The van der Waals surface area contributed by atoms with Crippen LogP contribution in [0.15, 0.2) is 46.0 Å². The number of rotatable bonds is 7. The van der Waals surface area contributed by atoms with Crippen LogP contribution in [0.1, 0.15) is 35.9 Å². The lowest BCUT2D eigenvalue weighted by atomic mass is 9.95. The molecule has 3 heterocycles. The van der Waals surface area contributed by atoms with Crippen molar-refractivity contribution >= 4 is 43.7 Å². The molecule has 0 bridgehead atoms. The average molecular weight is 463 g/mol. The van der Waals surface area contributed by atoms with Crippen LogP contribution in [0.5, 0.6) is 0 Å². The minimum Gasteiger partial charge on any atom is -0.299 e. The zero-order valence-corrected chi connectivity index (χ0v) is 18.9. The molecule has 1 aromatic carbocycles. The molecule has 0 radical (unpaired) electrons. The Kier molecular flexibility index (Phi) is 6.28. The molecule has 158 valence electrons. The highest BCUT2D eigenvalue weighted by atomic mass is 32.2. The fourth-order valence-electron chi connectivity index (χ4n) is 3.42. The quantitative estimate of drug-likeness (QED) is 0.578. The van der Waals surface area contributed by atoms with Crippen molar-refractivity contribution in [3.63, 3.8) is 0 Å². The number of carbonyl (C=O) groups excluding carboxylic acids is 1. The number of benzene rings is 1. The lowest BCUT2D eigenvalue weighted by Crippen LogP contribution is -2.50. The van der Waals surface area contributed by atoms with Crippen LogP contribution < -0.4 is 5.32 Å². The van der Waals surface area contributed by atoms with Gasteiger partial charge in [-0.2, -0.15) is 4.31 Å². The summed E-state index contributed by atoms with van der Waals surface area (Å²) in [6.45, 7) is 2.26. The van der Waals surface area contributed by atoms with Crippen LogP contribution in [0.25, 0.3) is 0 Å². The summed E-state index contributed by atoms with van der Waals surface area (Å²) in [5.74, 6) is -0.386. The number of sulfonamides is 1. The normalized spacial score (nSPS) is 16.9. The Morgan fingerprint density at radius 1 is 1.20 bits per heavy atom. The summed E-state index contributed by atoms with van der Waals surface area (Å²) >= 11 is 2.49. The van der Waals surface area contributed by atoms with Gasteiger partial charge in [0.05, 0.1) is 0 Å². The summed E-state index contributed by atoms with van der Waals surface area (Å²) in [7, 11) is -3.80. The van der Waals surface area contributed by atoms with Crippen LogP contribution in [-0.4, -0.2) is 34.9 Å². The number of nitrogens with zero attached hydrogens (tertiary/aromatic N) is 3. The average Bonchev–Trinajstić information content (AvgIpc) is 3.44. The number of fused-ring (bicyclic) bond motifs is 1. The van der Waals surface area contributed by atoms with E-state index in [1.807, 2.05) is 24.3 Å². The first-order valence-corrected chi connectivity index (χ1v) is 12.9. The van der Waals surface area contributed by atoms with Crippen LogP contribution in [0.4, 0.5) is 5.13 Å². The van der Waals surface area contributed by atoms with Gasteiger partial charge >= 0.3 is 0 Å². The van der Waals surface area contributed by atoms with Gasteiger partial charge < -0.3 is 0 Å². The van der Waals surface area contributed by atoms with Crippen molar-refractivity contribution in [1.29, 1.82) is 0 Å². The molecule has 3 aromatic rings. The highest BCUT2D eigenvalue weighted by Crippen LogP contribution is 2.31. The second-order valence-electron chi connectivity index (χ2n) is 7.06. The standard InChI is InChI=1S/C20H22N4O3S3/c1-2-3-9-17-22-23-20(29-17)21-19(25)16-12-14-7-4-5-8-15(14)13-24(16)30(26,27)18-10-6-11-28-18/h4-8,10-11,16H,2-3,9,12-13H2,1H3,(H,21,23,25). The number of hydrogen-bond acceptors (Lipinski definition) is 7. The first-order chi connectivity index (χ1) is 14.5. The monoisotopic (exact) mass is 462 g/mol. The number of amides is 1. The Bertz CT molecular complexity index is 1130.